The van der Waals surface area contributed by atoms with Crippen LogP contribution in [0, 0.1) is 6.92 Å². The molecule has 1 saturated heterocycles. The first-order valence-electron chi connectivity index (χ1n) is 7.00. The Labute approximate surface area is 120 Å². The lowest BCUT2D eigenvalue weighted by Crippen LogP contribution is -2.50. The molecule has 0 unspecified atom stereocenters. The molecule has 0 spiro atoms. The van der Waals surface area contributed by atoms with Crippen molar-refractivity contribution < 1.29 is 5.11 Å². The van der Waals surface area contributed by atoms with Gasteiger partial charge < -0.3 is 10.0 Å². The zero-order valence-corrected chi connectivity index (χ0v) is 13.0. The van der Waals surface area contributed by atoms with Gasteiger partial charge in [0.15, 0.2) is 0 Å². The van der Waals surface area contributed by atoms with Gasteiger partial charge in [-0.25, -0.2) is 4.98 Å². The van der Waals surface area contributed by atoms with E-state index >= 15 is 0 Å². The number of hydrogen-bond acceptors (Lipinski definition) is 5. The molecule has 0 radical (unpaired) electrons. The highest BCUT2D eigenvalue weighted by atomic mass is 32.1. The molecule has 0 amide bonds. The summed E-state index contributed by atoms with van der Waals surface area (Å²) in [7, 11) is 0. The number of aryl methyl sites for hydroxylation is 1. The maximum Gasteiger partial charge on any atom is 0.0797 e. The molecule has 2 heterocycles. The number of aliphatic hydroxyl groups is 1. The molecule has 4 nitrogen and oxygen atoms in total. The van der Waals surface area contributed by atoms with Crippen LogP contribution in [0.5, 0.6) is 0 Å². The molecule has 0 aliphatic carbocycles. The van der Waals surface area contributed by atoms with Crippen LogP contribution in [0.15, 0.2) is 5.51 Å². The Morgan fingerprint density at radius 2 is 1.89 bits per heavy atom. The maximum absolute atomic E-state index is 9.83. The molecule has 1 aromatic heterocycles. The Kier molecular flexibility index (Phi) is 4.95. The SMILES string of the molecule is Cc1ncsc1CCN1CCN(CC(C)(C)O)CC1. The smallest absolute Gasteiger partial charge is 0.0797 e. The van der Waals surface area contributed by atoms with Gasteiger partial charge in [0.25, 0.3) is 0 Å². The Morgan fingerprint density at radius 3 is 2.42 bits per heavy atom. The van der Waals surface area contributed by atoms with Crippen molar-refractivity contribution in [1.29, 1.82) is 0 Å². The van der Waals surface area contributed by atoms with Crippen molar-refractivity contribution in [3.63, 3.8) is 0 Å². The summed E-state index contributed by atoms with van der Waals surface area (Å²) in [6, 6.07) is 0. The summed E-state index contributed by atoms with van der Waals surface area (Å²) in [5, 5.41) is 9.83. The second-order valence-electron chi connectivity index (χ2n) is 6.04. The highest BCUT2D eigenvalue weighted by Gasteiger charge is 2.22. The van der Waals surface area contributed by atoms with Crippen molar-refractivity contribution in [2.45, 2.75) is 32.8 Å². The van der Waals surface area contributed by atoms with E-state index in [2.05, 4.69) is 21.7 Å². The largest absolute Gasteiger partial charge is 0.389 e. The molecule has 0 aromatic carbocycles. The second-order valence-corrected chi connectivity index (χ2v) is 6.98. The lowest BCUT2D eigenvalue weighted by atomic mass is 10.1. The summed E-state index contributed by atoms with van der Waals surface area (Å²) in [6.45, 7) is 12.1. The van der Waals surface area contributed by atoms with Crippen molar-refractivity contribution >= 4 is 11.3 Å². The Bertz CT molecular complexity index is 392. The van der Waals surface area contributed by atoms with Crippen molar-refractivity contribution in [3.8, 4) is 0 Å². The minimum atomic E-state index is -0.581. The molecule has 1 aromatic rings. The van der Waals surface area contributed by atoms with Gasteiger partial charge in [-0.2, -0.15) is 0 Å². The molecular formula is C14H25N3OS. The fourth-order valence-corrected chi connectivity index (χ4v) is 3.31. The van der Waals surface area contributed by atoms with E-state index in [-0.39, 0.29) is 0 Å². The summed E-state index contributed by atoms with van der Waals surface area (Å²) in [5.41, 5.74) is 2.54. The molecule has 0 bridgehead atoms. The van der Waals surface area contributed by atoms with Crippen LogP contribution in [-0.2, 0) is 6.42 Å². The molecule has 1 aliphatic rings. The number of rotatable bonds is 5. The molecule has 108 valence electrons. The van der Waals surface area contributed by atoms with Gasteiger partial charge in [-0.3, -0.25) is 4.90 Å². The van der Waals surface area contributed by atoms with Crippen molar-refractivity contribution in [2.24, 2.45) is 0 Å². The van der Waals surface area contributed by atoms with Crippen LogP contribution >= 0.6 is 11.3 Å². The van der Waals surface area contributed by atoms with E-state index in [1.54, 1.807) is 11.3 Å². The summed E-state index contributed by atoms with van der Waals surface area (Å²) < 4.78 is 0. The third-order valence-corrected chi connectivity index (χ3v) is 4.57. The highest BCUT2D eigenvalue weighted by molar-refractivity contribution is 7.09. The molecule has 19 heavy (non-hydrogen) atoms. The third-order valence-electron chi connectivity index (χ3n) is 3.58. The zero-order valence-electron chi connectivity index (χ0n) is 12.2. The van der Waals surface area contributed by atoms with E-state index in [4.69, 9.17) is 0 Å². The van der Waals surface area contributed by atoms with Gasteiger partial charge in [-0.05, 0) is 27.2 Å². The molecule has 0 saturated carbocycles. The van der Waals surface area contributed by atoms with Crippen LogP contribution in [0.25, 0.3) is 0 Å². The number of nitrogens with zero attached hydrogens (tertiary/aromatic N) is 3. The standard InChI is InChI=1S/C14H25N3OS/c1-12-13(19-11-15-12)4-5-16-6-8-17(9-7-16)10-14(2,3)18/h11,18H,4-10H2,1-3H3. The average Bonchev–Trinajstić information content (AvgIpc) is 2.72. The van der Waals surface area contributed by atoms with Crippen molar-refractivity contribution in [1.82, 2.24) is 14.8 Å². The molecule has 2 rings (SSSR count). The minimum absolute atomic E-state index is 0.581. The van der Waals surface area contributed by atoms with Crippen molar-refractivity contribution in [3.05, 3.63) is 16.1 Å². The van der Waals surface area contributed by atoms with Crippen LogP contribution in [0.3, 0.4) is 0 Å². The summed E-state index contributed by atoms with van der Waals surface area (Å²) in [5.74, 6) is 0. The predicted octanol–water partition coefficient (Wildman–Crippen LogP) is 1.38. The van der Waals surface area contributed by atoms with Crippen molar-refractivity contribution in [2.75, 3.05) is 39.3 Å². The fourth-order valence-electron chi connectivity index (χ4n) is 2.54. The molecule has 1 aliphatic heterocycles. The topological polar surface area (TPSA) is 39.6 Å². The van der Waals surface area contributed by atoms with Crippen LogP contribution in [0.1, 0.15) is 24.4 Å². The quantitative estimate of drug-likeness (QED) is 0.886. The van der Waals surface area contributed by atoms with Gasteiger partial charge in [0.2, 0.25) is 0 Å². The van der Waals surface area contributed by atoms with Crippen LogP contribution in [0.4, 0.5) is 0 Å². The fraction of sp³-hybridized carbons (Fsp3) is 0.786. The number of piperazine rings is 1. The van der Waals surface area contributed by atoms with Crippen LogP contribution < -0.4 is 0 Å². The van der Waals surface area contributed by atoms with E-state index in [0.717, 1.165) is 45.7 Å². The van der Waals surface area contributed by atoms with Crippen LogP contribution in [0.2, 0.25) is 0 Å². The lowest BCUT2D eigenvalue weighted by Gasteiger charge is -2.37. The molecule has 5 heteroatoms. The molecule has 1 fully saturated rings. The summed E-state index contributed by atoms with van der Waals surface area (Å²) in [4.78, 5) is 10.6. The Hall–Kier alpha value is -0.490. The first kappa shape index (κ1) is 14.9. The first-order chi connectivity index (χ1) is 8.94. The van der Waals surface area contributed by atoms with Gasteiger partial charge in [0, 0.05) is 44.1 Å². The van der Waals surface area contributed by atoms with Gasteiger partial charge >= 0.3 is 0 Å². The van der Waals surface area contributed by atoms with E-state index in [0.29, 0.717) is 0 Å². The summed E-state index contributed by atoms with van der Waals surface area (Å²) in [6.07, 6.45) is 1.11. The number of hydrogen-bond donors (Lipinski definition) is 1. The Morgan fingerprint density at radius 1 is 1.26 bits per heavy atom. The predicted molar refractivity (Wildman–Crippen MR) is 79.7 cm³/mol. The van der Waals surface area contributed by atoms with Gasteiger partial charge in [-0.1, -0.05) is 0 Å². The van der Waals surface area contributed by atoms with E-state index < -0.39 is 5.60 Å². The summed E-state index contributed by atoms with van der Waals surface area (Å²) >= 11 is 1.77. The highest BCUT2D eigenvalue weighted by Crippen LogP contribution is 2.14. The minimum Gasteiger partial charge on any atom is -0.389 e. The van der Waals surface area contributed by atoms with Gasteiger partial charge in [-0.15, -0.1) is 11.3 Å². The van der Waals surface area contributed by atoms with Crippen LogP contribution in [-0.4, -0.2) is 64.8 Å². The monoisotopic (exact) mass is 283 g/mol. The Balaban J connectivity index is 1.70. The molecular weight excluding hydrogens is 258 g/mol. The normalized spacial score (nSPS) is 18.9. The number of aromatic nitrogens is 1. The zero-order chi connectivity index (χ0) is 13.9. The maximum atomic E-state index is 9.83. The average molecular weight is 283 g/mol. The number of β-amino-alcohol motifs (C(OH)–C–C–N with tert-alkyl or cyclic N) is 1. The van der Waals surface area contributed by atoms with E-state index in [1.165, 1.54) is 10.6 Å². The molecule has 0 atom stereocenters. The first-order valence-corrected chi connectivity index (χ1v) is 7.88. The van der Waals surface area contributed by atoms with Gasteiger partial charge in [0.1, 0.15) is 0 Å². The van der Waals surface area contributed by atoms with Gasteiger partial charge in [0.05, 0.1) is 16.8 Å². The lowest BCUT2D eigenvalue weighted by molar-refractivity contribution is 0.0180. The number of thiazole rings is 1. The van der Waals surface area contributed by atoms with E-state index in [9.17, 15) is 5.11 Å². The molecule has 1 N–H and O–H groups in total. The van der Waals surface area contributed by atoms with E-state index in [1.807, 2.05) is 19.4 Å². The third kappa shape index (κ3) is 4.84. The second kappa shape index (κ2) is 6.31.